The molecule has 0 aromatic heterocycles. The first-order chi connectivity index (χ1) is 21.0. The number of likely N-dealkylation sites (tertiary alicyclic amines) is 1. The summed E-state index contributed by atoms with van der Waals surface area (Å²) in [6.45, 7) is 13.6. The second-order valence-electron chi connectivity index (χ2n) is 11.1. The Bertz CT molecular complexity index is 1430. The number of aromatic hydroxyl groups is 1. The number of phenols is 1. The third-order valence-corrected chi connectivity index (χ3v) is 8.18. The van der Waals surface area contributed by atoms with E-state index in [1.807, 2.05) is 11.0 Å². The number of nitrogens with zero attached hydrogens (tertiary/aromatic N) is 3. The van der Waals surface area contributed by atoms with Gasteiger partial charge in [0.25, 0.3) is 5.91 Å². The summed E-state index contributed by atoms with van der Waals surface area (Å²) in [4.78, 5) is 20.6. The van der Waals surface area contributed by atoms with E-state index in [4.69, 9.17) is 20.8 Å². The Balaban J connectivity index is 1.07. The number of ether oxygens (including phenoxy) is 3. The van der Waals surface area contributed by atoms with Gasteiger partial charge in [0.05, 0.1) is 19.8 Å². The zero-order valence-corrected chi connectivity index (χ0v) is 24.3. The predicted octanol–water partition coefficient (Wildman–Crippen LogP) is 5.71. The zero-order chi connectivity index (χ0) is 30.0. The molecule has 0 radical (unpaired) electrons. The van der Waals surface area contributed by atoms with Crippen molar-refractivity contribution in [1.82, 2.24) is 9.80 Å². The van der Waals surface area contributed by atoms with Gasteiger partial charge in [-0.3, -0.25) is 9.69 Å². The van der Waals surface area contributed by atoms with E-state index in [1.54, 1.807) is 18.2 Å². The van der Waals surface area contributed by atoms with Crippen LogP contribution in [-0.4, -0.2) is 80.0 Å². The van der Waals surface area contributed by atoms with Crippen LogP contribution in [0.3, 0.4) is 0 Å². The Labute approximate surface area is 252 Å². The highest BCUT2D eigenvalue weighted by Crippen LogP contribution is 2.38. The molecule has 226 valence electrons. The third kappa shape index (κ3) is 8.46. The van der Waals surface area contributed by atoms with E-state index >= 15 is 0 Å². The van der Waals surface area contributed by atoms with Gasteiger partial charge in [-0.05, 0) is 73.6 Å². The molecule has 3 aromatic carbocycles. The summed E-state index contributed by atoms with van der Waals surface area (Å²) < 4.78 is 30.8. The second kappa shape index (κ2) is 14.9. The smallest absolute Gasteiger partial charge is 0.260 e. The van der Waals surface area contributed by atoms with Crippen LogP contribution in [0.2, 0.25) is 0 Å². The summed E-state index contributed by atoms with van der Waals surface area (Å²) >= 11 is 0. The lowest BCUT2D eigenvalue weighted by Crippen LogP contribution is -2.41. The van der Waals surface area contributed by atoms with E-state index in [1.165, 1.54) is 17.7 Å². The van der Waals surface area contributed by atoms with Crippen molar-refractivity contribution in [3.8, 4) is 28.4 Å². The van der Waals surface area contributed by atoms with E-state index in [9.17, 15) is 14.3 Å². The Kier molecular flexibility index (Phi) is 10.5. The standard InChI is InChI=1S/C34H38FN3O5/c1-36-28-8-10-33(31(23-28)30-9-7-27(35)22-32(30)39)43-24-34(40)38-13-11-25(12-14-38)5-6-26-3-2-4-29(21-26)42-20-17-37-15-18-41-19-16-37/h2-4,7-10,21-23,25,39H,5-6,11-20,24H2. The summed E-state index contributed by atoms with van der Waals surface area (Å²) in [5.41, 5.74) is 2.38. The molecule has 1 N–H and O–H groups in total. The molecule has 9 heteroatoms. The summed E-state index contributed by atoms with van der Waals surface area (Å²) in [5, 5.41) is 10.3. The van der Waals surface area contributed by atoms with Gasteiger partial charge in [-0.25, -0.2) is 9.24 Å². The van der Waals surface area contributed by atoms with E-state index in [0.717, 1.165) is 70.3 Å². The van der Waals surface area contributed by atoms with Gasteiger partial charge in [-0.15, -0.1) is 0 Å². The van der Waals surface area contributed by atoms with Gasteiger partial charge >= 0.3 is 0 Å². The summed E-state index contributed by atoms with van der Waals surface area (Å²) in [6.07, 6.45) is 3.92. The maximum absolute atomic E-state index is 13.5. The number of phenolic OH excluding ortho intramolecular Hbond substituents is 1. The van der Waals surface area contributed by atoms with Crippen LogP contribution < -0.4 is 9.47 Å². The first-order valence-electron chi connectivity index (χ1n) is 14.9. The maximum atomic E-state index is 13.5. The number of rotatable bonds is 11. The first kappa shape index (κ1) is 30.3. The lowest BCUT2D eigenvalue weighted by Gasteiger charge is -2.32. The molecule has 0 saturated carbocycles. The van der Waals surface area contributed by atoms with Crippen molar-refractivity contribution in [3.63, 3.8) is 0 Å². The maximum Gasteiger partial charge on any atom is 0.260 e. The van der Waals surface area contributed by atoms with Crippen LogP contribution in [0.15, 0.2) is 60.7 Å². The van der Waals surface area contributed by atoms with Gasteiger partial charge < -0.3 is 24.2 Å². The fourth-order valence-electron chi connectivity index (χ4n) is 5.64. The fraction of sp³-hybridized carbons (Fsp3) is 0.412. The molecular formula is C34H38FN3O5. The molecule has 0 unspecified atom stereocenters. The zero-order valence-electron chi connectivity index (χ0n) is 24.3. The number of hydrogen-bond donors (Lipinski definition) is 1. The van der Waals surface area contributed by atoms with E-state index < -0.39 is 5.82 Å². The van der Waals surface area contributed by atoms with Crippen molar-refractivity contribution in [2.24, 2.45) is 5.92 Å². The largest absolute Gasteiger partial charge is 0.507 e. The summed E-state index contributed by atoms with van der Waals surface area (Å²) in [6, 6.07) is 16.8. The Morgan fingerprint density at radius 3 is 2.58 bits per heavy atom. The van der Waals surface area contributed by atoms with Crippen molar-refractivity contribution in [2.75, 3.05) is 59.2 Å². The quantitative estimate of drug-likeness (QED) is 0.290. The molecule has 3 aromatic rings. The molecule has 2 aliphatic rings. The van der Waals surface area contributed by atoms with Crippen LogP contribution in [-0.2, 0) is 16.0 Å². The second-order valence-corrected chi connectivity index (χ2v) is 11.1. The monoisotopic (exact) mass is 587 g/mol. The number of aryl methyl sites for hydroxylation is 1. The molecule has 0 spiro atoms. The van der Waals surface area contributed by atoms with Crippen LogP contribution in [0.5, 0.6) is 17.2 Å². The average Bonchev–Trinajstić information content (AvgIpc) is 3.03. The molecule has 2 aliphatic heterocycles. The van der Waals surface area contributed by atoms with Crippen molar-refractivity contribution in [1.29, 1.82) is 0 Å². The molecule has 2 saturated heterocycles. The normalized spacial score (nSPS) is 16.0. The van der Waals surface area contributed by atoms with Gasteiger partial charge in [0.1, 0.15) is 29.7 Å². The highest BCUT2D eigenvalue weighted by molar-refractivity contribution is 5.81. The highest BCUT2D eigenvalue weighted by Gasteiger charge is 2.23. The van der Waals surface area contributed by atoms with Gasteiger partial charge in [-0.2, -0.15) is 0 Å². The minimum absolute atomic E-state index is 0.107. The Hall–Kier alpha value is -4.13. The van der Waals surface area contributed by atoms with Crippen LogP contribution in [0, 0.1) is 18.3 Å². The average molecular weight is 588 g/mol. The number of carbonyl (C=O) groups is 1. The van der Waals surface area contributed by atoms with E-state index in [2.05, 4.69) is 27.9 Å². The lowest BCUT2D eigenvalue weighted by atomic mass is 9.90. The molecule has 0 aliphatic carbocycles. The van der Waals surface area contributed by atoms with Gasteiger partial charge in [0.2, 0.25) is 0 Å². The van der Waals surface area contributed by atoms with Gasteiger partial charge in [0, 0.05) is 49.9 Å². The number of amides is 1. The molecule has 5 rings (SSSR count). The van der Waals surface area contributed by atoms with E-state index in [-0.39, 0.29) is 18.3 Å². The van der Waals surface area contributed by atoms with Crippen LogP contribution in [0.25, 0.3) is 16.0 Å². The number of morpholine rings is 1. The van der Waals surface area contributed by atoms with Crippen molar-refractivity contribution >= 4 is 11.6 Å². The molecule has 1 amide bonds. The van der Waals surface area contributed by atoms with Crippen molar-refractivity contribution in [2.45, 2.75) is 25.7 Å². The fourth-order valence-corrected chi connectivity index (χ4v) is 5.64. The molecule has 2 heterocycles. The minimum atomic E-state index is -0.568. The number of benzene rings is 3. The molecular weight excluding hydrogens is 549 g/mol. The molecule has 0 atom stereocenters. The minimum Gasteiger partial charge on any atom is -0.507 e. The summed E-state index contributed by atoms with van der Waals surface area (Å²) in [7, 11) is 0. The molecule has 0 bridgehead atoms. The molecule has 43 heavy (non-hydrogen) atoms. The van der Waals surface area contributed by atoms with Crippen LogP contribution in [0.4, 0.5) is 10.1 Å². The predicted molar refractivity (Wildman–Crippen MR) is 162 cm³/mol. The lowest BCUT2D eigenvalue weighted by molar-refractivity contribution is -0.134. The molecule has 2 fully saturated rings. The van der Waals surface area contributed by atoms with Crippen LogP contribution in [0.1, 0.15) is 24.8 Å². The number of carbonyl (C=O) groups excluding carboxylic acids is 1. The number of piperidine rings is 1. The van der Waals surface area contributed by atoms with Gasteiger partial charge in [0.15, 0.2) is 12.3 Å². The highest BCUT2D eigenvalue weighted by atomic mass is 19.1. The summed E-state index contributed by atoms with van der Waals surface area (Å²) in [5.74, 6) is 0.872. The topological polar surface area (TPSA) is 75.8 Å². The van der Waals surface area contributed by atoms with Crippen molar-refractivity contribution < 1.29 is 28.5 Å². The van der Waals surface area contributed by atoms with Gasteiger partial charge in [-0.1, -0.05) is 18.2 Å². The Morgan fingerprint density at radius 1 is 1.00 bits per heavy atom. The van der Waals surface area contributed by atoms with E-state index in [0.29, 0.717) is 48.2 Å². The third-order valence-electron chi connectivity index (χ3n) is 8.18. The number of halogens is 1. The number of hydrogen-bond acceptors (Lipinski definition) is 6. The first-order valence-corrected chi connectivity index (χ1v) is 14.9. The van der Waals surface area contributed by atoms with Crippen LogP contribution >= 0.6 is 0 Å². The van der Waals surface area contributed by atoms with Crippen molar-refractivity contribution in [3.05, 3.63) is 83.5 Å². The SMILES string of the molecule is [C-]#[N+]c1ccc(OCC(=O)N2CCC(CCc3cccc(OCCN4CCOCC4)c3)CC2)c(-c2ccc(F)cc2O)c1. The Morgan fingerprint density at radius 2 is 1.81 bits per heavy atom. The molecule has 8 nitrogen and oxygen atoms in total.